The number of anilines is 1. The fraction of sp³-hybridized carbons (Fsp3) is 0.217. The van der Waals surface area contributed by atoms with E-state index in [4.69, 9.17) is 4.74 Å². The summed E-state index contributed by atoms with van der Waals surface area (Å²) >= 11 is 1.79. The average Bonchev–Trinajstić information content (AvgIpc) is 3.23. The third-order valence-electron chi connectivity index (χ3n) is 5.12. The van der Waals surface area contributed by atoms with E-state index in [9.17, 15) is 9.59 Å². The van der Waals surface area contributed by atoms with Gasteiger partial charge in [0.2, 0.25) is 5.91 Å². The molecule has 0 saturated heterocycles. The molecule has 4 rings (SSSR count). The summed E-state index contributed by atoms with van der Waals surface area (Å²) in [5, 5.41) is 5.07. The van der Waals surface area contributed by atoms with Crippen molar-refractivity contribution in [2.75, 3.05) is 25.5 Å². The van der Waals surface area contributed by atoms with Gasteiger partial charge >= 0.3 is 5.97 Å². The van der Waals surface area contributed by atoms with Crippen LogP contribution in [0.2, 0.25) is 0 Å². The Morgan fingerprint density at radius 2 is 1.86 bits per heavy atom. The first-order chi connectivity index (χ1) is 14.2. The number of benzene rings is 2. The number of thiophene rings is 1. The minimum Gasteiger partial charge on any atom is -0.465 e. The average molecular weight is 407 g/mol. The number of rotatable bonds is 5. The van der Waals surface area contributed by atoms with Crippen molar-refractivity contribution in [1.82, 2.24) is 4.90 Å². The van der Waals surface area contributed by atoms with Crippen molar-refractivity contribution in [3.63, 3.8) is 0 Å². The van der Waals surface area contributed by atoms with Crippen LogP contribution < -0.4 is 5.32 Å². The first kappa shape index (κ1) is 19.4. The van der Waals surface area contributed by atoms with E-state index in [1.54, 1.807) is 35.6 Å². The van der Waals surface area contributed by atoms with Crippen molar-refractivity contribution in [2.24, 2.45) is 0 Å². The predicted molar refractivity (Wildman–Crippen MR) is 114 cm³/mol. The van der Waals surface area contributed by atoms with Crippen LogP contribution in [0.15, 0.2) is 66.0 Å². The van der Waals surface area contributed by atoms with Crippen molar-refractivity contribution >= 4 is 28.9 Å². The predicted octanol–water partition coefficient (Wildman–Crippen LogP) is 4.12. The van der Waals surface area contributed by atoms with Crippen molar-refractivity contribution in [1.29, 1.82) is 0 Å². The molecule has 1 aliphatic heterocycles. The van der Waals surface area contributed by atoms with Crippen LogP contribution in [-0.2, 0) is 16.0 Å². The summed E-state index contributed by atoms with van der Waals surface area (Å²) in [6, 6.07) is 19.3. The summed E-state index contributed by atoms with van der Waals surface area (Å²) in [7, 11) is 1.35. The van der Waals surface area contributed by atoms with Gasteiger partial charge in [0, 0.05) is 17.1 Å². The van der Waals surface area contributed by atoms with Crippen LogP contribution in [0.4, 0.5) is 5.69 Å². The summed E-state index contributed by atoms with van der Waals surface area (Å²) in [5.41, 5.74) is 3.60. The second kappa shape index (κ2) is 8.59. The van der Waals surface area contributed by atoms with Gasteiger partial charge in [-0.15, -0.1) is 11.3 Å². The first-order valence-electron chi connectivity index (χ1n) is 9.49. The minimum atomic E-state index is -0.395. The number of hydrogen-bond acceptors (Lipinski definition) is 5. The quantitative estimate of drug-likeness (QED) is 0.648. The second-order valence-electron chi connectivity index (χ2n) is 6.95. The van der Waals surface area contributed by atoms with Gasteiger partial charge in [0.15, 0.2) is 0 Å². The van der Waals surface area contributed by atoms with E-state index in [0.29, 0.717) is 17.8 Å². The molecule has 1 aromatic heterocycles. The third-order valence-corrected chi connectivity index (χ3v) is 6.11. The van der Waals surface area contributed by atoms with Crippen LogP contribution in [0, 0.1) is 0 Å². The summed E-state index contributed by atoms with van der Waals surface area (Å²) < 4.78 is 4.70. The van der Waals surface area contributed by atoms with Crippen molar-refractivity contribution in [3.8, 4) is 0 Å². The lowest BCUT2D eigenvalue weighted by atomic mass is 9.93. The standard InChI is InChI=1S/C23H22N2O3S/c1-28-23(27)17-7-9-18(10-8-17)24-21(26)15-25-13-11-20-19(12-14-29-20)22(25)16-5-3-2-4-6-16/h2-10,12,14,22H,11,13,15H2,1H3,(H,24,26)/t22-/m1/s1. The Balaban J connectivity index is 1.49. The van der Waals surface area contributed by atoms with E-state index in [1.165, 1.54) is 23.1 Å². The number of nitrogens with one attached hydrogen (secondary N) is 1. The largest absolute Gasteiger partial charge is 0.465 e. The van der Waals surface area contributed by atoms with Gasteiger partial charge in [0.1, 0.15) is 0 Å². The molecule has 3 aromatic rings. The molecule has 2 heterocycles. The van der Waals surface area contributed by atoms with Crippen molar-refractivity contribution in [2.45, 2.75) is 12.5 Å². The van der Waals surface area contributed by atoms with Gasteiger partial charge in [-0.2, -0.15) is 0 Å². The highest BCUT2D eigenvalue weighted by atomic mass is 32.1. The lowest BCUT2D eigenvalue weighted by molar-refractivity contribution is -0.117. The number of ether oxygens (including phenoxy) is 1. The molecular weight excluding hydrogens is 384 g/mol. The summed E-state index contributed by atoms with van der Waals surface area (Å²) in [6.07, 6.45) is 0.956. The van der Waals surface area contributed by atoms with Crippen LogP contribution in [0.5, 0.6) is 0 Å². The zero-order chi connectivity index (χ0) is 20.2. The van der Waals surface area contributed by atoms with E-state index >= 15 is 0 Å². The Morgan fingerprint density at radius 3 is 2.59 bits per heavy atom. The number of nitrogens with zero attached hydrogens (tertiary/aromatic N) is 1. The van der Waals surface area contributed by atoms with Gasteiger partial charge in [0.25, 0.3) is 0 Å². The van der Waals surface area contributed by atoms with E-state index in [1.807, 2.05) is 18.2 Å². The fourth-order valence-corrected chi connectivity index (χ4v) is 4.66. The van der Waals surface area contributed by atoms with Crippen LogP contribution in [0.25, 0.3) is 0 Å². The van der Waals surface area contributed by atoms with Crippen LogP contribution in [0.1, 0.15) is 32.4 Å². The van der Waals surface area contributed by atoms with Crippen LogP contribution >= 0.6 is 11.3 Å². The molecule has 0 fully saturated rings. The lowest BCUT2D eigenvalue weighted by Gasteiger charge is -2.35. The molecule has 0 saturated carbocycles. The Bertz CT molecular complexity index is 998. The molecule has 5 nitrogen and oxygen atoms in total. The molecule has 0 aliphatic carbocycles. The molecule has 148 valence electrons. The fourth-order valence-electron chi connectivity index (χ4n) is 3.76. The smallest absolute Gasteiger partial charge is 0.337 e. The number of esters is 1. The first-order valence-corrected chi connectivity index (χ1v) is 10.4. The maximum atomic E-state index is 12.7. The van der Waals surface area contributed by atoms with Gasteiger partial charge in [-0.25, -0.2) is 4.79 Å². The molecular formula is C23H22N2O3S. The summed E-state index contributed by atoms with van der Waals surface area (Å²) in [4.78, 5) is 27.9. The van der Waals surface area contributed by atoms with E-state index in [-0.39, 0.29) is 11.9 Å². The molecule has 0 unspecified atom stereocenters. The van der Waals surface area contributed by atoms with Gasteiger partial charge < -0.3 is 10.1 Å². The summed E-state index contributed by atoms with van der Waals surface area (Å²) in [6.45, 7) is 1.13. The Morgan fingerprint density at radius 1 is 1.10 bits per heavy atom. The van der Waals surface area contributed by atoms with Gasteiger partial charge in [-0.1, -0.05) is 30.3 Å². The van der Waals surface area contributed by atoms with Gasteiger partial charge in [-0.05, 0) is 53.3 Å². The molecule has 1 atom stereocenters. The Labute approximate surface area is 173 Å². The zero-order valence-electron chi connectivity index (χ0n) is 16.1. The molecule has 0 radical (unpaired) electrons. The van der Waals surface area contributed by atoms with E-state index in [0.717, 1.165) is 13.0 Å². The van der Waals surface area contributed by atoms with E-state index < -0.39 is 5.97 Å². The normalized spacial score (nSPS) is 16.1. The molecule has 2 aromatic carbocycles. The van der Waals surface area contributed by atoms with Crippen LogP contribution in [0.3, 0.4) is 0 Å². The van der Waals surface area contributed by atoms with Gasteiger partial charge in [0.05, 0.1) is 25.3 Å². The van der Waals surface area contributed by atoms with E-state index in [2.05, 4.69) is 33.8 Å². The number of methoxy groups -OCH3 is 1. The maximum absolute atomic E-state index is 12.7. The lowest BCUT2D eigenvalue weighted by Crippen LogP contribution is -2.40. The highest BCUT2D eigenvalue weighted by Crippen LogP contribution is 2.37. The molecule has 0 bridgehead atoms. The highest BCUT2D eigenvalue weighted by Gasteiger charge is 2.30. The minimum absolute atomic E-state index is 0.0737. The van der Waals surface area contributed by atoms with Crippen LogP contribution in [-0.4, -0.2) is 37.0 Å². The van der Waals surface area contributed by atoms with Crippen molar-refractivity contribution < 1.29 is 14.3 Å². The maximum Gasteiger partial charge on any atom is 0.337 e. The third kappa shape index (κ3) is 4.23. The SMILES string of the molecule is COC(=O)c1ccc(NC(=O)CN2CCc3sccc3[C@H]2c2ccccc2)cc1. The Kier molecular flexibility index (Phi) is 5.74. The zero-order valence-corrected chi connectivity index (χ0v) is 16.9. The monoisotopic (exact) mass is 406 g/mol. The highest BCUT2D eigenvalue weighted by molar-refractivity contribution is 7.10. The topological polar surface area (TPSA) is 58.6 Å². The molecule has 1 amide bonds. The summed E-state index contributed by atoms with van der Waals surface area (Å²) in [5.74, 6) is -0.469. The number of fused-ring (bicyclic) bond motifs is 1. The number of amides is 1. The molecule has 0 spiro atoms. The molecule has 6 heteroatoms. The molecule has 1 N–H and O–H groups in total. The number of carbonyl (C=O) groups is 2. The number of hydrogen-bond donors (Lipinski definition) is 1. The second-order valence-corrected chi connectivity index (χ2v) is 7.95. The number of carbonyl (C=O) groups excluding carboxylic acids is 2. The Hall–Kier alpha value is -2.96. The van der Waals surface area contributed by atoms with Gasteiger partial charge in [-0.3, -0.25) is 9.69 Å². The molecule has 1 aliphatic rings. The van der Waals surface area contributed by atoms with Crippen molar-refractivity contribution in [3.05, 3.63) is 87.6 Å². The molecule has 29 heavy (non-hydrogen) atoms.